The predicted octanol–water partition coefficient (Wildman–Crippen LogP) is 14.8. The number of fused-ring (bicyclic) bond motifs is 7. The van der Waals surface area contributed by atoms with Crippen molar-refractivity contribution in [2.45, 2.75) is 0 Å². The first-order chi connectivity index (χ1) is 30.2. The number of hydrogen-bond donors (Lipinski definition) is 0. The van der Waals surface area contributed by atoms with Gasteiger partial charge in [0.05, 0.1) is 11.0 Å². The number of para-hydroxylation sites is 3. The fourth-order valence-electron chi connectivity index (χ4n) is 9.16. The number of benzene rings is 10. The molecule has 0 N–H and O–H groups in total. The van der Waals surface area contributed by atoms with Gasteiger partial charge in [0.15, 0.2) is 17.5 Å². The maximum absolute atomic E-state index is 5.14. The van der Waals surface area contributed by atoms with E-state index in [1.807, 2.05) is 18.2 Å². The zero-order valence-corrected chi connectivity index (χ0v) is 33.1. The first-order valence-electron chi connectivity index (χ1n) is 20.7. The molecule has 0 aliphatic heterocycles. The molecular weight excluding hydrogens is 741 g/mol. The molecule has 4 nitrogen and oxygen atoms in total. The average molecular weight is 777 g/mol. The summed E-state index contributed by atoms with van der Waals surface area (Å²) in [6, 6.07) is 77.6. The van der Waals surface area contributed by atoms with Crippen LogP contribution in [0, 0.1) is 0 Å². The van der Waals surface area contributed by atoms with Crippen LogP contribution < -0.4 is 0 Å². The Hall–Kier alpha value is -8.21. The third-order valence-corrected chi connectivity index (χ3v) is 12.0. The van der Waals surface area contributed by atoms with Crippen LogP contribution in [0.4, 0.5) is 0 Å². The van der Waals surface area contributed by atoms with E-state index in [0.29, 0.717) is 17.5 Å². The second kappa shape index (κ2) is 14.3. The Bertz CT molecular complexity index is 3610. The van der Waals surface area contributed by atoms with Crippen molar-refractivity contribution in [3.63, 3.8) is 0 Å². The molecule has 2 heterocycles. The lowest BCUT2D eigenvalue weighted by Gasteiger charge is -2.14. The molecule has 12 rings (SSSR count). The molecule has 0 aliphatic rings. The molecule has 4 heteroatoms. The van der Waals surface area contributed by atoms with Crippen LogP contribution in [0.1, 0.15) is 0 Å². The summed E-state index contributed by atoms with van der Waals surface area (Å²) in [7, 11) is 0. The molecule has 10 aromatic carbocycles. The second-order valence-electron chi connectivity index (χ2n) is 15.6. The molecular formula is C57H36N4. The number of aromatic nitrogens is 4. The molecule has 61 heavy (non-hydrogen) atoms. The Morgan fingerprint density at radius 2 is 0.820 bits per heavy atom. The van der Waals surface area contributed by atoms with Crippen molar-refractivity contribution < 1.29 is 0 Å². The smallest absolute Gasteiger partial charge is 0.164 e. The molecule has 0 bridgehead atoms. The zero-order chi connectivity index (χ0) is 40.3. The first-order valence-corrected chi connectivity index (χ1v) is 20.7. The lowest BCUT2D eigenvalue weighted by molar-refractivity contribution is 1.07. The monoisotopic (exact) mass is 776 g/mol. The molecule has 0 atom stereocenters. The van der Waals surface area contributed by atoms with Gasteiger partial charge in [0.1, 0.15) is 0 Å². The number of rotatable bonds is 6. The van der Waals surface area contributed by atoms with Crippen molar-refractivity contribution in [2.24, 2.45) is 0 Å². The van der Waals surface area contributed by atoms with Crippen LogP contribution in [0.5, 0.6) is 0 Å². The Morgan fingerprint density at radius 3 is 1.52 bits per heavy atom. The predicted molar refractivity (Wildman–Crippen MR) is 254 cm³/mol. The van der Waals surface area contributed by atoms with E-state index in [0.717, 1.165) is 39.1 Å². The molecule has 0 saturated heterocycles. The van der Waals surface area contributed by atoms with Crippen molar-refractivity contribution in [1.29, 1.82) is 0 Å². The third kappa shape index (κ3) is 5.88. The summed E-state index contributed by atoms with van der Waals surface area (Å²) < 4.78 is 2.38. The molecule has 0 saturated carbocycles. The molecule has 2 aromatic heterocycles. The van der Waals surface area contributed by atoms with Gasteiger partial charge in [0.25, 0.3) is 0 Å². The van der Waals surface area contributed by atoms with Crippen LogP contribution in [-0.2, 0) is 0 Å². The van der Waals surface area contributed by atoms with E-state index in [4.69, 9.17) is 15.0 Å². The van der Waals surface area contributed by atoms with Crippen molar-refractivity contribution in [3.8, 4) is 62.1 Å². The Balaban J connectivity index is 0.967. The highest BCUT2D eigenvalue weighted by molar-refractivity contribution is 6.20. The van der Waals surface area contributed by atoms with Crippen molar-refractivity contribution in [2.75, 3.05) is 0 Å². The van der Waals surface area contributed by atoms with Crippen LogP contribution >= 0.6 is 0 Å². The lowest BCUT2D eigenvalue weighted by Crippen LogP contribution is -2.00. The van der Waals surface area contributed by atoms with Gasteiger partial charge in [-0.2, -0.15) is 0 Å². The van der Waals surface area contributed by atoms with E-state index in [1.165, 1.54) is 59.7 Å². The summed E-state index contributed by atoms with van der Waals surface area (Å²) in [4.78, 5) is 15.3. The van der Waals surface area contributed by atoms with Gasteiger partial charge in [-0.05, 0) is 73.3 Å². The minimum Gasteiger partial charge on any atom is -0.309 e. The highest BCUT2D eigenvalue weighted by Crippen LogP contribution is 2.41. The van der Waals surface area contributed by atoms with E-state index in [9.17, 15) is 0 Å². The second-order valence-corrected chi connectivity index (χ2v) is 15.6. The van der Waals surface area contributed by atoms with Gasteiger partial charge < -0.3 is 4.57 Å². The van der Waals surface area contributed by atoms with E-state index in [2.05, 4.69) is 205 Å². The topological polar surface area (TPSA) is 43.6 Å². The Labute approximate surface area is 352 Å². The van der Waals surface area contributed by atoms with Gasteiger partial charge in [0, 0.05) is 38.7 Å². The molecule has 0 fully saturated rings. The van der Waals surface area contributed by atoms with Gasteiger partial charge in [-0.3, -0.25) is 0 Å². The maximum atomic E-state index is 5.14. The summed E-state index contributed by atoms with van der Waals surface area (Å²) in [5.74, 6) is 1.89. The van der Waals surface area contributed by atoms with Gasteiger partial charge in [0.2, 0.25) is 0 Å². The van der Waals surface area contributed by atoms with Crippen molar-refractivity contribution in [3.05, 3.63) is 218 Å². The fraction of sp³-hybridized carbons (Fsp3) is 0. The summed E-state index contributed by atoms with van der Waals surface area (Å²) >= 11 is 0. The average Bonchev–Trinajstić information content (AvgIpc) is 3.68. The first kappa shape index (κ1) is 34.8. The van der Waals surface area contributed by atoms with Crippen molar-refractivity contribution in [1.82, 2.24) is 19.5 Å². The Kier molecular flexibility index (Phi) is 8.13. The molecule has 0 radical (unpaired) electrons. The van der Waals surface area contributed by atoms with E-state index >= 15 is 0 Å². The normalized spacial score (nSPS) is 11.6. The lowest BCUT2D eigenvalue weighted by atomic mass is 9.89. The summed E-state index contributed by atoms with van der Waals surface area (Å²) in [5.41, 5.74) is 11.0. The summed E-state index contributed by atoms with van der Waals surface area (Å²) in [5, 5.41) is 9.91. The molecule has 0 amide bonds. The fourth-order valence-corrected chi connectivity index (χ4v) is 9.16. The standard InChI is InChI=1S/C57H36N4/c1-3-15-40(16-4-1)55-58-56(41-30-26-38(27-31-41)47-23-13-24-50-48-22-11-12-25-52(48)61(54(47)50)44-18-5-2-6-19-44)60-57(59-55)42-32-28-39(29-33-42)53-46-21-10-8-17-43(46)36-51-45-20-9-7-14-37(45)34-35-49(51)53/h1-36H. The van der Waals surface area contributed by atoms with E-state index in [1.54, 1.807) is 0 Å². The summed E-state index contributed by atoms with van der Waals surface area (Å²) in [6.45, 7) is 0. The van der Waals surface area contributed by atoms with Crippen molar-refractivity contribution >= 4 is 54.1 Å². The van der Waals surface area contributed by atoms with Crippen LogP contribution in [0.25, 0.3) is 116 Å². The number of hydrogen-bond acceptors (Lipinski definition) is 3. The van der Waals surface area contributed by atoms with E-state index < -0.39 is 0 Å². The molecule has 284 valence electrons. The molecule has 0 unspecified atom stereocenters. The van der Waals surface area contributed by atoms with Gasteiger partial charge in [-0.1, -0.05) is 194 Å². The van der Waals surface area contributed by atoms with Crippen LogP contribution in [0.15, 0.2) is 218 Å². The highest BCUT2D eigenvalue weighted by Gasteiger charge is 2.18. The largest absolute Gasteiger partial charge is 0.309 e. The van der Waals surface area contributed by atoms with E-state index in [-0.39, 0.29) is 0 Å². The van der Waals surface area contributed by atoms with Crippen LogP contribution in [0.2, 0.25) is 0 Å². The number of nitrogens with zero attached hydrogens (tertiary/aromatic N) is 4. The molecule has 0 aliphatic carbocycles. The zero-order valence-electron chi connectivity index (χ0n) is 33.1. The molecule has 0 spiro atoms. The van der Waals surface area contributed by atoms with Gasteiger partial charge in [-0.25, -0.2) is 15.0 Å². The highest BCUT2D eigenvalue weighted by atomic mass is 15.0. The third-order valence-electron chi connectivity index (χ3n) is 12.0. The molecule has 12 aromatic rings. The van der Waals surface area contributed by atoms with Crippen LogP contribution in [0.3, 0.4) is 0 Å². The van der Waals surface area contributed by atoms with Crippen LogP contribution in [-0.4, -0.2) is 19.5 Å². The Morgan fingerprint density at radius 1 is 0.295 bits per heavy atom. The maximum Gasteiger partial charge on any atom is 0.164 e. The quantitative estimate of drug-likeness (QED) is 0.125. The summed E-state index contributed by atoms with van der Waals surface area (Å²) in [6.07, 6.45) is 0. The minimum atomic E-state index is 0.628. The van der Waals surface area contributed by atoms with Gasteiger partial charge >= 0.3 is 0 Å². The SMILES string of the molecule is c1ccc(-c2nc(-c3ccc(-c4c5ccccc5cc5c4ccc4ccccc45)cc3)nc(-c3ccc(-c4cccc5c6ccccc6n(-c6ccccc6)c45)cc3)n2)cc1. The van der Waals surface area contributed by atoms with Gasteiger partial charge in [-0.15, -0.1) is 0 Å². The minimum absolute atomic E-state index is 0.628.